The lowest BCUT2D eigenvalue weighted by atomic mass is 10.2. The Kier molecular flexibility index (Phi) is 5.69. The molecule has 0 saturated carbocycles. The number of anilines is 1. The number of aromatic nitrogens is 5. The Hall–Kier alpha value is -3.70. The van der Waals surface area contributed by atoms with Crippen LogP contribution in [0.25, 0.3) is 5.65 Å². The fourth-order valence-electron chi connectivity index (χ4n) is 3.10. The van der Waals surface area contributed by atoms with Gasteiger partial charge in [-0.2, -0.15) is 0 Å². The number of carbonyl (C=O) groups excluding carboxylic acids is 1. The van der Waals surface area contributed by atoms with Crippen molar-refractivity contribution >= 4 is 28.8 Å². The fraction of sp³-hybridized carbons (Fsp3) is 0.227. The van der Waals surface area contributed by atoms with Gasteiger partial charge in [-0.25, -0.2) is 9.97 Å². The van der Waals surface area contributed by atoms with Crippen LogP contribution in [0.2, 0.25) is 5.15 Å². The maximum absolute atomic E-state index is 12.7. The zero-order valence-electron chi connectivity index (χ0n) is 17.3. The SMILES string of the molecule is CCC1=CC(NC(=O)c2ncc(N(C)C)c(C#Cc3nnc4cccc(Cl)n34)n2)=CC1. The van der Waals surface area contributed by atoms with Gasteiger partial charge in [0.05, 0.1) is 11.9 Å². The van der Waals surface area contributed by atoms with Crippen molar-refractivity contribution in [2.75, 3.05) is 19.0 Å². The van der Waals surface area contributed by atoms with Crippen LogP contribution in [-0.4, -0.2) is 44.6 Å². The van der Waals surface area contributed by atoms with E-state index in [0.29, 0.717) is 28.0 Å². The summed E-state index contributed by atoms with van der Waals surface area (Å²) in [7, 11) is 3.71. The van der Waals surface area contributed by atoms with E-state index in [2.05, 4.69) is 44.2 Å². The van der Waals surface area contributed by atoms with Crippen LogP contribution in [0.1, 0.15) is 41.9 Å². The molecule has 0 bridgehead atoms. The van der Waals surface area contributed by atoms with Crippen LogP contribution >= 0.6 is 11.6 Å². The van der Waals surface area contributed by atoms with Crippen LogP contribution in [0.5, 0.6) is 0 Å². The highest BCUT2D eigenvalue weighted by atomic mass is 35.5. The average Bonchev–Trinajstić information content (AvgIpc) is 3.39. The molecule has 0 fully saturated rings. The quantitative estimate of drug-likeness (QED) is 0.502. The van der Waals surface area contributed by atoms with Gasteiger partial charge in [0.15, 0.2) is 5.65 Å². The third-order valence-corrected chi connectivity index (χ3v) is 5.08. The van der Waals surface area contributed by atoms with Crippen LogP contribution in [0.15, 0.2) is 47.8 Å². The smallest absolute Gasteiger partial charge is 0.293 e. The molecule has 1 N–H and O–H groups in total. The molecule has 31 heavy (non-hydrogen) atoms. The summed E-state index contributed by atoms with van der Waals surface area (Å²) in [6.45, 7) is 2.09. The maximum Gasteiger partial charge on any atom is 0.293 e. The summed E-state index contributed by atoms with van der Waals surface area (Å²) in [6.07, 6.45) is 7.33. The van der Waals surface area contributed by atoms with Gasteiger partial charge in [0.25, 0.3) is 5.91 Å². The molecule has 0 aliphatic heterocycles. The normalized spacial score (nSPS) is 12.8. The molecule has 3 heterocycles. The standard InChI is InChI=1S/C22H20ClN7O/c1-4-14-8-9-15(12-14)25-22(31)21-24-13-17(29(2)3)16(26-21)10-11-20-28-27-19-7-5-6-18(23)30(19)20/h5-7,9,12-13H,4,8H2,1-3H3,(H,25,31). The Morgan fingerprint density at radius 2 is 2.13 bits per heavy atom. The number of rotatable bonds is 4. The summed E-state index contributed by atoms with van der Waals surface area (Å²) in [5.74, 6) is 5.98. The van der Waals surface area contributed by atoms with Gasteiger partial charge in [-0.15, -0.1) is 10.2 Å². The number of nitrogens with zero attached hydrogens (tertiary/aromatic N) is 6. The molecule has 4 rings (SSSR count). The van der Waals surface area contributed by atoms with Crippen molar-refractivity contribution in [2.45, 2.75) is 19.8 Å². The predicted molar refractivity (Wildman–Crippen MR) is 119 cm³/mol. The number of nitrogens with one attached hydrogen (secondary N) is 1. The first kappa shape index (κ1) is 20.6. The lowest BCUT2D eigenvalue weighted by Crippen LogP contribution is -2.25. The second-order valence-electron chi connectivity index (χ2n) is 7.11. The second kappa shape index (κ2) is 8.58. The van der Waals surface area contributed by atoms with E-state index in [9.17, 15) is 4.79 Å². The molecule has 1 aliphatic carbocycles. The van der Waals surface area contributed by atoms with Crippen LogP contribution in [0.4, 0.5) is 5.69 Å². The molecule has 0 aromatic carbocycles. The minimum Gasteiger partial charge on any atom is -0.374 e. The molecule has 0 saturated heterocycles. The number of pyridine rings is 1. The van der Waals surface area contributed by atoms with Gasteiger partial charge in [0.2, 0.25) is 11.6 Å². The summed E-state index contributed by atoms with van der Waals surface area (Å²) < 4.78 is 1.64. The van der Waals surface area contributed by atoms with Gasteiger partial charge in [0.1, 0.15) is 10.8 Å². The number of allylic oxidation sites excluding steroid dienone is 3. The molecule has 0 radical (unpaired) electrons. The minimum absolute atomic E-state index is 0.0401. The Balaban J connectivity index is 1.67. The highest BCUT2D eigenvalue weighted by Gasteiger charge is 2.16. The van der Waals surface area contributed by atoms with E-state index >= 15 is 0 Å². The molecular weight excluding hydrogens is 414 g/mol. The third kappa shape index (κ3) is 4.27. The molecule has 3 aromatic heterocycles. The Bertz CT molecular complexity index is 1290. The molecular formula is C22H20ClN7O. The van der Waals surface area contributed by atoms with Crippen LogP contribution in [-0.2, 0) is 0 Å². The van der Waals surface area contributed by atoms with E-state index in [1.54, 1.807) is 28.8 Å². The average molecular weight is 434 g/mol. The van der Waals surface area contributed by atoms with Crippen LogP contribution in [0, 0.1) is 11.8 Å². The minimum atomic E-state index is -0.385. The third-order valence-electron chi connectivity index (χ3n) is 4.78. The summed E-state index contributed by atoms with van der Waals surface area (Å²) in [5.41, 5.74) is 3.71. The molecule has 0 unspecified atom stereocenters. The number of amides is 1. The predicted octanol–water partition coefficient (Wildman–Crippen LogP) is 2.99. The zero-order valence-corrected chi connectivity index (χ0v) is 18.1. The number of halogens is 1. The van der Waals surface area contributed by atoms with E-state index in [1.165, 1.54) is 5.57 Å². The molecule has 8 nitrogen and oxygen atoms in total. The van der Waals surface area contributed by atoms with Gasteiger partial charge in [-0.1, -0.05) is 36.2 Å². The molecule has 0 spiro atoms. The van der Waals surface area contributed by atoms with Crippen molar-refractivity contribution in [1.82, 2.24) is 29.9 Å². The van der Waals surface area contributed by atoms with Crippen molar-refractivity contribution < 1.29 is 4.79 Å². The Morgan fingerprint density at radius 3 is 2.87 bits per heavy atom. The zero-order chi connectivity index (χ0) is 22.0. The molecule has 156 valence electrons. The first-order chi connectivity index (χ1) is 15.0. The van der Waals surface area contributed by atoms with Crippen molar-refractivity contribution in [3.8, 4) is 11.8 Å². The van der Waals surface area contributed by atoms with Crippen LogP contribution < -0.4 is 10.2 Å². The lowest BCUT2D eigenvalue weighted by Gasteiger charge is -2.14. The van der Waals surface area contributed by atoms with Crippen molar-refractivity contribution in [2.24, 2.45) is 0 Å². The topological polar surface area (TPSA) is 88.3 Å². The highest BCUT2D eigenvalue weighted by Crippen LogP contribution is 2.19. The molecule has 9 heteroatoms. The van der Waals surface area contributed by atoms with Gasteiger partial charge in [-0.05, 0) is 42.9 Å². The molecule has 0 atom stereocenters. The van der Waals surface area contributed by atoms with Crippen molar-refractivity contribution in [1.29, 1.82) is 0 Å². The molecule has 3 aromatic rings. The molecule has 1 aliphatic rings. The number of carbonyl (C=O) groups is 1. The Labute approximate surface area is 184 Å². The maximum atomic E-state index is 12.7. The fourth-order valence-corrected chi connectivity index (χ4v) is 3.34. The van der Waals surface area contributed by atoms with Crippen LogP contribution in [0.3, 0.4) is 0 Å². The summed E-state index contributed by atoms with van der Waals surface area (Å²) >= 11 is 6.25. The van der Waals surface area contributed by atoms with Crippen molar-refractivity contribution in [3.05, 3.63) is 70.3 Å². The summed E-state index contributed by atoms with van der Waals surface area (Å²) in [4.78, 5) is 23.1. The number of fused-ring (bicyclic) bond motifs is 1. The van der Waals surface area contributed by atoms with Gasteiger partial charge in [-0.3, -0.25) is 9.20 Å². The first-order valence-electron chi connectivity index (χ1n) is 9.73. The monoisotopic (exact) mass is 433 g/mol. The van der Waals surface area contributed by atoms with E-state index in [-0.39, 0.29) is 11.7 Å². The van der Waals surface area contributed by atoms with E-state index < -0.39 is 0 Å². The van der Waals surface area contributed by atoms with E-state index in [4.69, 9.17) is 11.6 Å². The van der Waals surface area contributed by atoms with E-state index in [1.807, 2.05) is 31.1 Å². The summed E-state index contributed by atoms with van der Waals surface area (Å²) in [6, 6.07) is 5.32. The van der Waals surface area contributed by atoms with Gasteiger partial charge < -0.3 is 10.2 Å². The summed E-state index contributed by atoms with van der Waals surface area (Å²) in [5, 5.41) is 11.5. The largest absolute Gasteiger partial charge is 0.374 e. The Morgan fingerprint density at radius 1 is 1.29 bits per heavy atom. The number of hydrogen-bond donors (Lipinski definition) is 1. The highest BCUT2D eigenvalue weighted by molar-refractivity contribution is 6.29. The molecule has 1 amide bonds. The second-order valence-corrected chi connectivity index (χ2v) is 7.50. The van der Waals surface area contributed by atoms with Gasteiger partial charge in [0, 0.05) is 19.8 Å². The lowest BCUT2D eigenvalue weighted by molar-refractivity contribution is 0.0957. The van der Waals surface area contributed by atoms with Crippen molar-refractivity contribution in [3.63, 3.8) is 0 Å². The first-order valence-corrected chi connectivity index (χ1v) is 10.1. The number of hydrogen-bond acceptors (Lipinski definition) is 6. The van der Waals surface area contributed by atoms with E-state index in [0.717, 1.165) is 18.5 Å². The van der Waals surface area contributed by atoms with Gasteiger partial charge >= 0.3 is 0 Å².